The van der Waals surface area contributed by atoms with Crippen LogP contribution in [0, 0.1) is 0 Å². The standard InChI is InChI=1S/C13H19NS2/c1-2-3-4-7-10-14-11-8-5-6-9-12(11)16-13(14)15/h5-6,8-9,13,15H,2-4,7,10H2,1H3. The van der Waals surface area contributed by atoms with Crippen LogP contribution in [0.25, 0.3) is 0 Å². The summed E-state index contributed by atoms with van der Waals surface area (Å²) in [5, 5.41) is 0. The zero-order chi connectivity index (χ0) is 11.4. The van der Waals surface area contributed by atoms with Gasteiger partial charge in [-0.2, -0.15) is 0 Å². The molecule has 0 amide bonds. The van der Waals surface area contributed by atoms with Gasteiger partial charge in [0.1, 0.15) is 4.71 Å². The third-order valence-corrected chi connectivity index (χ3v) is 4.59. The average molecular weight is 253 g/mol. The molecule has 1 unspecified atom stereocenters. The van der Waals surface area contributed by atoms with Crippen molar-refractivity contribution in [1.29, 1.82) is 0 Å². The van der Waals surface area contributed by atoms with E-state index in [-0.39, 0.29) is 0 Å². The molecule has 0 fully saturated rings. The maximum absolute atomic E-state index is 4.65. The van der Waals surface area contributed by atoms with Gasteiger partial charge in [0.15, 0.2) is 0 Å². The van der Waals surface area contributed by atoms with Crippen LogP contribution in [0.3, 0.4) is 0 Å². The van der Waals surface area contributed by atoms with Crippen molar-refractivity contribution < 1.29 is 0 Å². The van der Waals surface area contributed by atoms with Gasteiger partial charge in [-0.05, 0) is 18.6 Å². The average Bonchev–Trinajstić information content (AvgIpc) is 2.61. The predicted molar refractivity (Wildman–Crippen MR) is 76.6 cm³/mol. The summed E-state index contributed by atoms with van der Waals surface area (Å²) in [6, 6.07) is 8.62. The maximum Gasteiger partial charge on any atom is 0.124 e. The van der Waals surface area contributed by atoms with Crippen LogP contribution in [0.5, 0.6) is 0 Å². The van der Waals surface area contributed by atoms with Gasteiger partial charge in [-0.25, -0.2) is 0 Å². The molecule has 0 N–H and O–H groups in total. The minimum atomic E-state index is 0.305. The maximum atomic E-state index is 4.65. The monoisotopic (exact) mass is 253 g/mol. The van der Waals surface area contributed by atoms with Crippen molar-refractivity contribution in [2.75, 3.05) is 11.4 Å². The Kier molecular flexibility index (Phi) is 4.47. The van der Waals surface area contributed by atoms with Crippen LogP contribution in [0.2, 0.25) is 0 Å². The zero-order valence-corrected chi connectivity index (χ0v) is 11.4. The third kappa shape index (κ3) is 2.69. The molecule has 1 aliphatic rings. The third-order valence-electron chi connectivity index (χ3n) is 2.93. The molecule has 1 aromatic carbocycles. The topological polar surface area (TPSA) is 3.24 Å². The van der Waals surface area contributed by atoms with E-state index in [4.69, 9.17) is 0 Å². The van der Waals surface area contributed by atoms with Gasteiger partial charge < -0.3 is 4.90 Å². The Labute approximate surface area is 108 Å². The fraction of sp³-hybridized carbons (Fsp3) is 0.538. The highest BCUT2D eigenvalue weighted by atomic mass is 32.2. The summed E-state index contributed by atoms with van der Waals surface area (Å²) >= 11 is 6.50. The first-order valence-corrected chi connectivity index (χ1v) is 7.43. The van der Waals surface area contributed by atoms with Gasteiger partial charge in [0, 0.05) is 11.4 Å². The number of rotatable bonds is 5. The number of unbranched alkanes of at least 4 members (excludes halogenated alkanes) is 3. The summed E-state index contributed by atoms with van der Waals surface area (Å²) in [5.74, 6) is 0. The number of fused-ring (bicyclic) bond motifs is 1. The number of hydrogen-bond acceptors (Lipinski definition) is 3. The summed E-state index contributed by atoms with van der Waals surface area (Å²) in [6.45, 7) is 3.39. The minimum absolute atomic E-state index is 0.305. The van der Waals surface area contributed by atoms with E-state index >= 15 is 0 Å². The smallest absolute Gasteiger partial charge is 0.124 e. The molecule has 0 spiro atoms. The van der Waals surface area contributed by atoms with Crippen molar-refractivity contribution in [1.82, 2.24) is 0 Å². The largest absolute Gasteiger partial charge is 0.350 e. The number of benzene rings is 1. The molecule has 3 heteroatoms. The van der Waals surface area contributed by atoms with Crippen molar-refractivity contribution in [2.24, 2.45) is 0 Å². The van der Waals surface area contributed by atoms with Crippen LogP contribution in [0.15, 0.2) is 29.2 Å². The van der Waals surface area contributed by atoms with Gasteiger partial charge >= 0.3 is 0 Å². The van der Waals surface area contributed by atoms with Crippen molar-refractivity contribution in [2.45, 2.75) is 42.2 Å². The van der Waals surface area contributed by atoms with Gasteiger partial charge in [0.05, 0.1) is 5.69 Å². The number of thiol groups is 1. The van der Waals surface area contributed by atoms with Crippen LogP contribution in [0.4, 0.5) is 5.69 Å². The molecule has 0 saturated heterocycles. The first-order chi connectivity index (χ1) is 7.83. The highest BCUT2D eigenvalue weighted by Crippen LogP contribution is 2.44. The van der Waals surface area contributed by atoms with E-state index in [1.807, 2.05) is 11.8 Å². The number of para-hydroxylation sites is 1. The Morgan fingerprint density at radius 1 is 1.25 bits per heavy atom. The lowest BCUT2D eigenvalue weighted by molar-refractivity contribution is 0.656. The molecular formula is C13H19NS2. The summed E-state index contributed by atoms with van der Waals surface area (Å²) in [7, 11) is 0. The zero-order valence-electron chi connectivity index (χ0n) is 9.72. The SMILES string of the molecule is CCCCCCN1c2ccccc2SC1S. The Balaban J connectivity index is 1.94. The number of anilines is 1. The van der Waals surface area contributed by atoms with E-state index < -0.39 is 0 Å². The first kappa shape index (κ1) is 12.2. The molecule has 0 aromatic heterocycles. The highest BCUT2D eigenvalue weighted by Gasteiger charge is 2.26. The Bertz CT molecular complexity index is 340. The van der Waals surface area contributed by atoms with Crippen LogP contribution in [0.1, 0.15) is 32.6 Å². The second-order valence-electron chi connectivity index (χ2n) is 4.17. The van der Waals surface area contributed by atoms with E-state index in [9.17, 15) is 0 Å². The van der Waals surface area contributed by atoms with Gasteiger partial charge in [0.2, 0.25) is 0 Å². The fourth-order valence-corrected chi connectivity index (χ4v) is 3.65. The molecule has 1 aromatic rings. The van der Waals surface area contributed by atoms with Crippen molar-refractivity contribution in [3.8, 4) is 0 Å². The van der Waals surface area contributed by atoms with Gasteiger partial charge in [-0.1, -0.05) is 50.1 Å². The molecule has 1 aliphatic heterocycles. The molecule has 1 heterocycles. The number of thioether (sulfide) groups is 1. The lowest BCUT2D eigenvalue weighted by atomic mass is 10.2. The van der Waals surface area contributed by atoms with Crippen molar-refractivity contribution in [3.63, 3.8) is 0 Å². The van der Waals surface area contributed by atoms with E-state index in [0.29, 0.717) is 4.71 Å². The number of hydrogen-bond donors (Lipinski definition) is 1. The summed E-state index contributed by atoms with van der Waals surface area (Å²) in [4.78, 5) is 3.79. The Hall–Kier alpha value is -0.280. The summed E-state index contributed by atoms with van der Waals surface area (Å²) in [6.07, 6.45) is 5.26. The molecule has 0 aliphatic carbocycles. The summed E-state index contributed by atoms with van der Waals surface area (Å²) in [5.41, 5.74) is 1.36. The molecule has 2 rings (SSSR count). The second kappa shape index (κ2) is 5.87. The quantitative estimate of drug-likeness (QED) is 0.612. The van der Waals surface area contributed by atoms with Crippen LogP contribution < -0.4 is 4.90 Å². The number of nitrogens with zero attached hydrogens (tertiary/aromatic N) is 1. The Morgan fingerprint density at radius 2 is 2.06 bits per heavy atom. The van der Waals surface area contributed by atoms with Crippen LogP contribution in [-0.2, 0) is 0 Å². The Morgan fingerprint density at radius 3 is 2.88 bits per heavy atom. The molecule has 1 atom stereocenters. The lowest BCUT2D eigenvalue weighted by Gasteiger charge is -2.22. The minimum Gasteiger partial charge on any atom is -0.350 e. The second-order valence-corrected chi connectivity index (χ2v) is 6.13. The summed E-state index contributed by atoms with van der Waals surface area (Å²) < 4.78 is 0.305. The molecule has 1 nitrogen and oxygen atoms in total. The van der Waals surface area contributed by atoms with Gasteiger partial charge in [0.25, 0.3) is 0 Å². The van der Waals surface area contributed by atoms with Crippen LogP contribution >= 0.6 is 24.4 Å². The molecule has 0 saturated carbocycles. The van der Waals surface area contributed by atoms with E-state index in [1.165, 1.54) is 36.3 Å². The normalized spacial score (nSPS) is 18.9. The molecule has 16 heavy (non-hydrogen) atoms. The molecular weight excluding hydrogens is 234 g/mol. The molecule has 0 bridgehead atoms. The first-order valence-electron chi connectivity index (χ1n) is 6.03. The van der Waals surface area contributed by atoms with Crippen molar-refractivity contribution >= 4 is 30.1 Å². The van der Waals surface area contributed by atoms with E-state index in [1.54, 1.807) is 0 Å². The van der Waals surface area contributed by atoms with Gasteiger partial charge in [-0.3, -0.25) is 0 Å². The predicted octanol–water partition coefficient (Wildman–Crippen LogP) is 4.39. The van der Waals surface area contributed by atoms with Gasteiger partial charge in [-0.15, -0.1) is 12.6 Å². The fourth-order valence-electron chi connectivity index (χ4n) is 2.03. The molecule has 0 radical (unpaired) electrons. The van der Waals surface area contributed by atoms with E-state index in [2.05, 4.69) is 48.7 Å². The molecule has 88 valence electrons. The lowest BCUT2D eigenvalue weighted by Crippen LogP contribution is -2.26. The van der Waals surface area contributed by atoms with Crippen molar-refractivity contribution in [3.05, 3.63) is 24.3 Å². The van der Waals surface area contributed by atoms with Crippen LogP contribution in [-0.4, -0.2) is 11.3 Å². The highest BCUT2D eigenvalue weighted by molar-refractivity contribution is 8.10. The van der Waals surface area contributed by atoms with E-state index in [0.717, 1.165) is 6.54 Å².